The van der Waals surface area contributed by atoms with Gasteiger partial charge in [0.1, 0.15) is 24.8 Å². The molecule has 22 heteroatoms. The highest BCUT2D eigenvalue weighted by Gasteiger charge is 2.51. The number of epoxide rings is 1. The van der Waals surface area contributed by atoms with Gasteiger partial charge in [0, 0.05) is 44.5 Å². The van der Waals surface area contributed by atoms with Crippen molar-refractivity contribution < 1.29 is 62.0 Å². The van der Waals surface area contributed by atoms with Crippen LogP contribution in [0.15, 0.2) is 60.2 Å². The highest BCUT2D eigenvalue weighted by atomic mass is 16.6. The first kappa shape index (κ1) is 61.2. The lowest BCUT2D eigenvalue weighted by Gasteiger charge is -2.39. The largest absolute Gasteiger partial charge is 0.459 e. The third kappa shape index (κ3) is 23.0. The number of unbranched alkanes of at least 4 members (excludes halogenated alkanes) is 2. The molecule has 11 N–H and O–H groups in total. The van der Waals surface area contributed by atoms with Crippen LogP contribution < -0.4 is 48.9 Å². The maximum atomic E-state index is 13.5. The van der Waals surface area contributed by atoms with E-state index in [-0.39, 0.29) is 86.0 Å². The van der Waals surface area contributed by atoms with E-state index in [0.29, 0.717) is 56.5 Å². The number of hydrazine groups is 1. The predicted octanol–water partition coefficient (Wildman–Crippen LogP) is 3.88. The van der Waals surface area contributed by atoms with Crippen molar-refractivity contribution in [2.45, 2.75) is 180 Å². The molecule has 1 unspecified atom stereocenters. The summed E-state index contributed by atoms with van der Waals surface area (Å²) in [7, 11) is 0. The van der Waals surface area contributed by atoms with Gasteiger partial charge in [0.2, 0.25) is 29.5 Å². The van der Waals surface area contributed by atoms with E-state index in [1.54, 1.807) is 45.0 Å². The predicted molar refractivity (Wildman–Crippen MR) is 279 cm³/mol. The second-order valence-electron chi connectivity index (χ2n) is 20.1. The maximum Gasteiger partial charge on any atom is 0.426 e. The van der Waals surface area contributed by atoms with Crippen LogP contribution in [0.2, 0.25) is 0 Å². The van der Waals surface area contributed by atoms with Crippen LogP contribution in [0, 0.1) is 11.8 Å². The molecule has 3 heterocycles. The molecule has 3 fully saturated rings. The fourth-order valence-corrected chi connectivity index (χ4v) is 8.79. The number of carbonyl (C=O) groups is 8. The molecule has 4 rings (SSSR count). The van der Waals surface area contributed by atoms with Crippen LogP contribution >= 0.6 is 0 Å². The second-order valence-corrected chi connectivity index (χ2v) is 20.1. The molecular weight excluding hydrogens is 971 g/mol. The van der Waals surface area contributed by atoms with E-state index in [1.807, 2.05) is 26.0 Å². The molecule has 1 spiro atoms. The zero-order valence-corrected chi connectivity index (χ0v) is 44.5. The van der Waals surface area contributed by atoms with Crippen molar-refractivity contribution in [1.82, 2.24) is 32.1 Å². The van der Waals surface area contributed by atoms with E-state index < -0.39 is 60.1 Å². The van der Waals surface area contributed by atoms with E-state index in [1.165, 1.54) is 19.1 Å². The van der Waals surface area contributed by atoms with Crippen molar-refractivity contribution in [2.75, 3.05) is 25.0 Å². The van der Waals surface area contributed by atoms with Gasteiger partial charge in [-0.15, -0.1) is 0 Å². The number of primary amides is 1. The van der Waals surface area contributed by atoms with Gasteiger partial charge in [0.05, 0.1) is 49.1 Å². The zero-order chi connectivity index (χ0) is 55.1. The Morgan fingerprint density at radius 1 is 0.880 bits per heavy atom. The van der Waals surface area contributed by atoms with Crippen molar-refractivity contribution in [2.24, 2.45) is 23.3 Å². The van der Waals surface area contributed by atoms with Crippen molar-refractivity contribution >= 4 is 53.3 Å². The quantitative estimate of drug-likeness (QED) is 0.0151. The molecule has 3 saturated heterocycles. The number of carbonyl (C=O) groups excluding carboxylic acids is 8. The van der Waals surface area contributed by atoms with E-state index in [4.69, 9.17) is 35.2 Å². The van der Waals surface area contributed by atoms with Crippen molar-refractivity contribution in [1.29, 1.82) is 0 Å². The van der Waals surface area contributed by atoms with Crippen molar-refractivity contribution in [3.05, 3.63) is 65.8 Å². The Labute approximate surface area is 440 Å². The van der Waals surface area contributed by atoms with Gasteiger partial charge in [-0.25, -0.2) is 15.0 Å². The second kappa shape index (κ2) is 30.9. The monoisotopic (exact) mass is 1050 g/mol. The lowest BCUT2D eigenvalue weighted by molar-refractivity contribution is -0.143. The van der Waals surface area contributed by atoms with Crippen molar-refractivity contribution in [3.8, 4) is 0 Å². The molecule has 8 amide bonds. The number of amides is 8. The smallest absolute Gasteiger partial charge is 0.426 e. The summed E-state index contributed by atoms with van der Waals surface area (Å²) in [6.45, 7) is 13.7. The molecule has 416 valence electrons. The lowest BCUT2D eigenvalue weighted by atomic mass is 9.88. The van der Waals surface area contributed by atoms with Crippen LogP contribution in [0.25, 0.3) is 0 Å². The number of nitrogens with two attached hydrogens (primary N) is 2. The molecule has 3 aliphatic heterocycles. The van der Waals surface area contributed by atoms with Gasteiger partial charge in [-0.2, -0.15) is 0 Å². The van der Waals surface area contributed by atoms with Gasteiger partial charge in [0.15, 0.2) is 0 Å². The molecule has 75 heavy (non-hydrogen) atoms. The molecule has 0 radical (unpaired) electrons. The van der Waals surface area contributed by atoms with Gasteiger partial charge >= 0.3 is 18.1 Å². The van der Waals surface area contributed by atoms with Gasteiger partial charge in [-0.05, 0) is 101 Å². The summed E-state index contributed by atoms with van der Waals surface area (Å²) in [6.07, 6.45) is 12.1. The number of ether oxygens (including phenoxy) is 5. The van der Waals surface area contributed by atoms with Crippen LogP contribution in [0.5, 0.6) is 0 Å². The Bertz CT molecular complexity index is 2180. The van der Waals surface area contributed by atoms with Gasteiger partial charge in [-0.3, -0.25) is 34.2 Å². The lowest BCUT2D eigenvalue weighted by Crippen LogP contribution is -2.54. The Kier molecular flexibility index (Phi) is 25.2. The van der Waals surface area contributed by atoms with Crippen LogP contribution in [0.1, 0.15) is 125 Å². The summed E-state index contributed by atoms with van der Waals surface area (Å²) in [4.78, 5) is 100.0. The van der Waals surface area contributed by atoms with Gasteiger partial charge < -0.3 is 61.7 Å². The summed E-state index contributed by atoms with van der Waals surface area (Å²) in [5, 5.41) is 13.8. The zero-order valence-electron chi connectivity index (χ0n) is 44.5. The van der Waals surface area contributed by atoms with Gasteiger partial charge in [-0.1, -0.05) is 63.1 Å². The summed E-state index contributed by atoms with van der Waals surface area (Å²) < 4.78 is 28.8. The Morgan fingerprint density at radius 3 is 2.28 bits per heavy atom. The molecule has 10 atom stereocenters. The third-order valence-corrected chi connectivity index (χ3v) is 13.0. The van der Waals surface area contributed by atoms with E-state index >= 15 is 0 Å². The Balaban J connectivity index is 1.20. The maximum absolute atomic E-state index is 13.5. The number of allylic oxidation sites excluding steroid dienone is 2. The fraction of sp³-hybridized carbons (Fsp3) is 0.623. The number of urea groups is 1. The van der Waals surface area contributed by atoms with E-state index in [0.717, 1.165) is 24.8 Å². The molecule has 0 bridgehead atoms. The topological polar surface area (TPSA) is 322 Å². The number of nitrogens with one attached hydrogen (secondary N) is 7. The van der Waals surface area contributed by atoms with Gasteiger partial charge in [0.25, 0.3) is 0 Å². The molecule has 0 aromatic heterocycles. The van der Waals surface area contributed by atoms with Crippen LogP contribution in [0.3, 0.4) is 0 Å². The molecule has 0 saturated carbocycles. The standard InChI is InChI=1S/C53H81N9O13/c1-32(2)48(60-45(64)13-9-8-10-24-54)50(68)59-42(12-11-25-56-51(55)69)49(67)57-39-19-17-38(18-20-39)30-71-52(70)62-61-47(66)27-41-29-53(31-72-53)28-40(75-41)21-14-33(3)15-22-44-34(4)26-43(36(6)74-44)58-46(65)23-16-35(5)73-37(7)63/h14-21,23,32,34-36,40-44,48H,8-13,22,24-31,54H2,1-7H3,(H,57,67)(H,58,65)(H,59,68)(H,60,64)(H,61,66)(H,62,70)(H3,55,56,69)/b21-14+,23-16-,33-15+/t34-,35-,36+,40+,41+,42?,43+,44-,48-,53+/m0/s1. The SMILES string of the molecule is CC(=O)O[C@@H](C)/C=C\C(=O)N[C@@H]1C[C@H](C)[C@H](C/C=C(C)/C=C/[C@@H]2C[C@]3(CO3)C[C@@H](CC(=O)NNC(=O)OCc3ccc(NC(=O)C(CCCNC(N)=O)NC(=O)[C@@H](NC(=O)CCCCCN)C(C)C)cc3)O2)O[C@@H]1C. The van der Waals surface area contributed by atoms with Crippen LogP contribution in [-0.4, -0.2) is 122 Å². The number of benzene rings is 1. The molecule has 22 nitrogen and oxygen atoms in total. The minimum absolute atomic E-state index is 0.0302. The molecule has 0 aliphatic carbocycles. The summed E-state index contributed by atoms with van der Waals surface area (Å²) >= 11 is 0. The molecule has 1 aromatic carbocycles. The number of rotatable bonds is 27. The molecule has 3 aliphatic rings. The number of hydrogen-bond donors (Lipinski definition) is 9. The average molecular weight is 1050 g/mol. The summed E-state index contributed by atoms with van der Waals surface area (Å²) in [6, 6.07) is 3.66. The van der Waals surface area contributed by atoms with Crippen LogP contribution in [-0.2, 0) is 59.1 Å². The number of hydrogen-bond acceptors (Lipinski definition) is 14. The molecular formula is C53H81N9O13. The van der Waals surface area contributed by atoms with Crippen LogP contribution in [0.4, 0.5) is 15.3 Å². The third-order valence-electron chi connectivity index (χ3n) is 13.0. The molecule has 1 aromatic rings. The first-order valence-electron chi connectivity index (χ1n) is 26.0. The normalized spacial score (nSPS) is 23.6. The number of esters is 1. The summed E-state index contributed by atoms with van der Waals surface area (Å²) in [5.74, 6) is -2.60. The Morgan fingerprint density at radius 2 is 1.61 bits per heavy atom. The highest BCUT2D eigenvalue weighted by Crippen LogP contribution is 2.43. The highest BCUT2D eigenvalue weighted by molar-refractivity contribution is 5.98. The first-order chi connectivity index (χ1) is 35.6. The Hall–Kier alpha value is -6.36. The number of anilines is 1. The average Bonchev–Trinajstić information content (AvgIpc) is 4.09. The first-order valence-corrected chi connectivity index (χ1v) is 26.0. The van der Waals surface area contributed by atoms with E-state index in [2.05, 4.69) is 50.4 Å². The minimum atomic E-state index is -1.02. The minimum Gasteiger partial charge on any atom is -0.459 e. The fourth-order valence-electron chi connectivity index (χ4n) is 8.79. The summed E-state index contributed by atoms with van der Waals surface area (Å²) in [5.41, 5.74) is 17.0. The van der Waals surface area contributed by atoms with Crippen molar-refractivity contribution in [3.63, 3.8) is 0 Å². The van der Waals surface area contributed by atoms with E-state index in [9.17, 15) is 38.4 Å².